The summed E-state index contributed by atoms with van der Waals surface area (Å²) in [5.41, 5.74) is 0.488. The van der Waals surface area contributed by atoms with Crippen molar-refractivity contribution in [2.24, 2.45) is 0 Å². The minimum absolute atomic E-state index is 0.127. The number of nitrogens with one attached hydrogen (secondary N) is 2. The molecular formula is C16H16FN5O7S2. The molecule has 12 nitrogen and oxygen atoms in total. The number of hydroxylamine groups is 2. The molecule has 2 N–H and O–H groups in total. The Morgan fingerprint density at radius 2 is 1.81 bits per heavy atom. The number of nitrogens with zero attached hydrogens (tertiary/aromatic N) is 3. The number of sulfonamides is 1. The maximum absolute atomic E-state index is 13.0. The van der Waals surface area contributed by atoms with Gasteiger partial charge in [0.15, 0.2) is 0 Å². The van der Waals surface area contributed by atoms with E-state index in [-0.39, 0.29) is 11.7 Å². The normalized spacial score (nSPS) is 10.9. The van der Waals surface area contributed by atoms with Crippen molar-refractivity contribution >= 4 is 50.0 Å². The third-order valence-corrected chi connectivity index (χ3v) is 5.99. The van der Waals surface area contributed by atoms with Gasteiger partial charge in [0.05, 0.1) is 20.1 Å². The number of amides is 3. The fourth-order valence-corrected chi connectivity index (χ4v) is 3.98. The van der Waals surface area contributed by atoms with Gasteiger partial charge < -0.3 is 5.32 Å². The van der Waals surface area contributed by atoms with Crippen LogP contribution in [0.4, 0.5) is 9.52 Å². The Morgan fingerprint density at radius 1 is 1.16 bits per heavy atom. The Balaban J connectivity index is 1.99. The van der Waals surface area contributed by atoms with E-state index in [2.05, 4.69) is 15.5 Å². The first-order chi connectivity index (χ1) is 14.5. The summed E-state index contributed by atoms with van der Waals surface area (Å²) in [4.78, 5) is 52.0. The lowest BCUT2D eigenvalue weighted by Gasteiger charge is -2.19. The fourth-order valence-electron chi connectivity index (χ4n) is 2.06. The number of benzene rings is 1. The Morgan fingerprint density at radius 3 is 2.39 bits per heavy atom. The van der Waals surface area contributed by atoms with Crippen LogP contribution >= 0.6 is 11.3 Å². The van der Waals surface area contributed by atoms with Gasteiger partial charge in [0, 0.05) is 6.92 Å². The van der Waals surface area contributed by atoms with Gasteiger partial charge in [0.25, 0.3) is 20.3 Å². The minimum atomic E-state index is -4.55. The summed E-state index contributed by atoms with van der Waals surface area (Å²) in [6.07, 6.45) is -0.982. The monoisotopic (exact) mass is 473 g/mol. The predicted octanol–water partition coefficient (Wildman–Crippen LogP) is -0.0101. The van der Waals surface area contributed by atoms with E-state index in [1.807, 2.05) is 0 Å². The molecule has 0 aliphatic carbocycles. The third-order valence-electron chi connectivity index (χ3n) is 3.45. The highest BCUT2D eigenvalue weighted by molar-refractivity contribution is 7.92. The van der Waals surface area contributed by atoms with Gasteiger partial charge >= 0.3 is 5.91 Å². The van der Waals surface area contributed by atoms with Gasteiger partial charge in [0.1, 0.15) is 5.82 Å². The summed E-state index contributed by atoms with van der Waals surface area (Å²) < 4.78 is 38.1. The molecule has 0 aliphatic heterocycles. The Labute approximate surface area is 179 Å². The SMILES string of the molecule is CON(Cc1ccc(F)cc1)C(=O)CC(=O)C(=O)NS(=O)(=O)c1nnc(NC(C)=O)s1. The first kappa shape index (κ1) is 24.0. The number of carbonyl (C=O) groups excluding carboxylic acids is 4. The summed E-state index contributed by atoms with van der Waals surface area (Å²) >= 11 is 0.456. The molecule has 0 spiro atoms. The first-order valence-corrected chi connectivity index (χ1v) is 10.6. The zero-order valence-electron chi connectivity index (χ0n) is 16.1. The van der Waals surface area contributed by atoms with Crippen molar-refractivity contribution < 1.29 is 36.8 Å². The van der Waals surface area contributed by atoms with E-state index in [4.69, 9.17) is 4.84 Å². The molecule has 0 saturated heterocycles. The van der Waals surface area contributed by atoms with Gasteiger partial charge in [-0.1, -0.05) is 23.5 Å². The highest BCUT2D eigenvalue weighted by atomic mass is 32.2. The van der Waals surface area contributed by atoms with Gasteiger partial charge in [-0.15, -0.1) is 10.2 Å². The van der Waals surface area contributed by atoms with E-state index >= 15 is 0 Å². The van der Waals surface area contributed by atoms with E-state index in [1.165, 1.54) is 35.9 Å². The third kappa shape index (κ3) is 6.87. The van der Waals surface area contributed by atoms with Crippen LogP contribution in [-0.2, 0) is 40.6 Å². The van der Waals surface area contributed by atoms with Crippen LogP contribution in [0.25, 0.3) is 0 Å². The molecule has 0 atom stereocenters. The topological polar surface area (TPSA) is 165 Å². The fraction of sp³-hybridized carbons (Fsp3) is 0.250. The molecule has 1 heterocycles. The van der Waals surface area contributed by atoms with Crippen LogP contribution in [0.3, 0.4) is 0 Å². The summed E-state index contributed by atoms with van der Waals surface area (Å²) in [5, 5.41) is 9.60. The van der Waals surface area contributed by atoms with Crippen molar-refractivity contribution in [3.8, 4) is 0 Å². The van der Waals surface area contributed by atoms with E-state index < -0.39 is 50.1 Å². The molecule has 0 saturated carbocycles. The van der Waals surface area contributed by atoms with Crippen molar-refractivity contribution in [2.45, 2.75) is 24.2 Å². The van der Waals surface area contributed by atoms with E-state index in [9.17, 15) is 32.0 Å². The number of anilines is 1. The maximum Gasteiger partial charge on any atom is 0.301 e. The minimum Gasteiger partial charge on any atom is -0.301 e. The molecule has 0 fully saturated rings. The smallest absolute Gasteiger partial charge is 0.301 e. The molecule has 1 aromatic heterocycles. The molecule has 0 bridgehead atoms. The molecule has 3 amide bonds. The van der Waals surface area contributed by atoms with Crippen LogP contribution < -0.4 is 10.0 Å². The molecule has 0 radical (unpaired) electrons. The molecule has 1 aromatic carbocycles. The number of aromatic nitrogens is 2. The van der Waals surface area contributed by atoms with E-state index in [1.54, 1.807) is 0 Å². The average molecular weight is 473 g/mol. The highest BCUT2D eigenvalue weighted by Gasteiger charge is 2.29. The number of carbonyl (C=O) groups is 4. The standard InChI is InChI=1S/C16H16FN5O7S2/c1-9(23)18-15-19-20-16(30-15)31(27,28)21-14(26)12(24)7-13(25)22(29-2)8-10-3-5-11(17)6-4-10/h3-6H,7-8H2,1-2H3,(H,21,26)(H,18,19,23). The molecule has 0 aliphatic rings. The van der Waals surface area contributed by atoms with Crippen LogP contribution in [0.15, 0.2) is 28.6 Å². The van der Waals surface area contributed by atoms with Gasteiger partial charge in [-0.2, -0.15) is 8.42 Å². The average Bonchev–Trinajstić information content (AvgIpc) is 3.15. The van der Waals surface area contributed by atoms with Gasteiger partial charge in [-0.25, -0.2) is 14.2 Å². The summed E-state index contributed by atoms with van der Waals surface area (Å²) in [5.74, 6) is -4.83. The van der Waals surface area contributed by atoms with Crippen LogP contribution in [-0.4, -0.2) is 54.3 Å². The van der Waals surface area contributed by atoms with Crippen molar-refractivity contribution in [1.82, 2.24) is 20.0 Å². The Hall–Kier alpha value is -3.30. The Kier molecular flexibility index (Phi) is 7.84. The summed E-state index contributed by atoms with van der Waals surface area (Å²) in [6.45, 7) is 1.03. The van der Waals surface area contributed by atoms with Crippen LogP contribution in [0.2, 0.25) is 0 Å². The second-order valence-electron chi connectivity index (χ2n) is 5.83. The van der Waals surface area contributed by atoms with Crippen LogP contribution in [0.5, 0.6) is 0 Å². The lowest BCUT2D eigenvalue weighted by molar-refractivity contribution is -0.180. The lowest BCUT2D eigenvalue weighted by Crippen LogP contribution is -2.39. The van der Waals surface area contributed by atoms with Crippen molar-refractivity contribution in [2.75, 3.05) is 12.4 Å². The molecule has 31 heavy (non-hydrogen) atoms. The van der Waals surface area contributed by atoms with Gasteiger partial charge in [0.2, 0.25) is 16.8 Å². The largest absolute Gasteiger partial charge is 0.301 e. The van der Waals surface area contributed by atoms with E-state index in [0.717, 1.165) is 12.2 Å². The lowest BCUT2D eigenvalue weighted by atomic mass is 10.2. The number of Topliss-reactive ketones (excluding diaryl/α,β-unsaturated/α-hetero) is 1. The molecule has 2 rings (SSSR count). The number of ketones is 1. The Bertz CT molecular complexity index is 1100. The van der Waals surface area contributed by atoms with Crippen LogP contribution in [0.1, 0.15) is 18.9 Å². The zero-order chi connectivity index (χ0) is 23.2. The van der Waals surface area contributed by atoms with Crippen molar-refractivity contribution in [1.29, 1.82) is 0 Å². The predicted molar refractivity (Wildman–Crippen MR) is 103 cm³/mol. The number of rotatable bonds is 9. The maximum atomic E-state index is 13.0. The molecule has 166 valence electrons. The van der Waals surface area contributed by atoms with Crippen molar-refractivity contribution in [3.63, 3.8) is 0 Å². The zero-order valence-corrected chi connectivity index (χ0v) is 17.8. The second-order valence-corrected chi connectivity index (χ2v) is 8.66. The number of hydrogen-bond donors (Lipinski definition) is 2. The second kappa shape index (κ2) is 10.1. The van der Waals surface area contributed by atoms with Gasteiger partial charge in [-0.3, -0.25) is 24.0 Å². The molecule has 0 unspecified atom stereocenters. The van der Waals surface area contributed by atoms with Crippen LogP contribution in [0, 0.1) is 5.82 Å². The first-order valence-electron chi connectivity index (χ1n) is 8.32. The summed E-state index contributed by atoms with van der Waals surface area (Å²) in [6, 6.07) is 5.13. The highest BCUT2D eigenvalue weighted by Crippen LogP contribution is 2.19. The number of hydrogen-bond acceptors (Lipinski definition) is 10. The van der Waals surface area contributed by atoms with Gasteiger partial charge in [-0.05, 0) is 17.7 Å². The molecular weight excluding hydrogens is 457 g/mol. The number of halogens is 1. The molecule has 15 heteroatoms. The quantitative estimate of drug-likeness (QED) is 0.220. The van der Waals surface area contributed by atoms with Crippen molar-refractivity contribution in [3.05, 3.63) is 35.6 Å². The van der Waals surface area contributed by atoms with E-state index in [0.29, 0.717) is 16.9 Å². The molecule has 2 aromatic rings. The summed E-state index contributed by atoms with van der Waals surface area (Å²) in [7, 11) is -3.40.